The molecule has 3 N–H and O–H groups in total. The van der Waals surface area contributed by atoms with E-state index in [1.807, 2.05) is 19.9 Å². The van der Waals surface area contributed by atoms with Crippen molar-refractivity contribution in [3.05, 3.63) is 59.2 Å². The van der Waals surface area contributed by atoms with Gasteiger partial charge in [0.2, 0.25) is 0 Å². The van der Waals surface area contributed by atoms with E-state index >= 15 is 0 Å². The molecule has 0 aliphatic rings. The second kappa shape index (κ2) is 6.48. The minimum absolute atomic E-state index is 0.105. The average Bonchev–Trinajstić information content (AvgIpc) is 2.43. The van der Waals surface area contributed by atoms with Gasteiger partial charge in [-0.2, -0.15) is 0 Å². The van der Waals surface area contributed by atoms with Crippen molar-refractivity contribution >= 4 is 5.69 Å². The van der Waals surface area contributed by atoms with Gasteiger partial charge >= 0.3 is 0 Å². The molecule has 0 spiro atoms. The largest absolute Gasteiger partial charge is 0.398 e. The van der Waals surface area contributed by atoms with Gasteiger partial charge < -0.3 is 11.1 Å². The molecule has 20 heavy (non-hydrogen) atoms. The predicted molar refractivity (Wildman–Crippen MR) is 79.9 cm³/mol. The molecule has 3 nitrogen and oxygen atoms in total. The van der Waals surface area contributed by atoms with E-state index in [4.69, 9.17) is 5.73 Å². The number of hydrogen-bond donors (Lipinski definition) is 2. The smallest absolute Gasteiger partial charge is 0.128 e. The van der Waals surface area contributed by atoms with Crippen molar-refractivity contribution in [2.45, 2.75) is 26.3 Å². The van der Waals surface area contributed by atoms with Crippen LogP contribution in [0.1, 0.15) is 29.7 Å². The Kier molecular flexibility index (Phi) is 4.69. The van der Waals surface area contributed by atoms with E-state index < -0.39 is 0 Å². The Hall–Kier alpha value is -1.94. The number of hydrogen-bond acceptors (Lipinski definition) is 3. The highest BCUT2D eigenvalue weighted by Crippen LogP contribution is 2.24. The summed E-state index contributed by atoms with van der Waals surface area (Å²) >= 11 is 0. The fraction of sp³-hybridized carbons (Fsp3) is 0.312. The number of nitrogens with two attached hydrogens (primary N) is 1. The van der Waals surface area contributed by atoms with E-state index in [1.165, 1.54) is 6.07 Å². The van der Waals surface area contributed by atoms with Crippen LogP contribution in [0.5, 0.6) is 0 Å². The SMILES string of the molecule is CCNC(Cc1cnccc1N)c1cc(C)ccc1F. The van der Waals surface area contributed by atoms with Gasteiger partial charge in [0, 0.05) is 29.7 Å². The molecule has 2 aromatic rings. The van der Waals surface area contributed by atoms with Crippen molar-refractivity contribution in [1.29, 1.82) is 0 Å². The summed E-state index contributed by atoms with van der Waals surface area (Å²) in [5.41, 5.74) is 9.29. The molecule has 1 unspecified atom stereocenters. The first-order valence-corrected chi connectivity index (χ1v) is 6.79. The number of aryl methyl sites for hydroxylation is 1. The van der Waals surface area contributed by atoms with E-state index in [0.29, 0.717) is 17.7 Å². The molecule has 1 aromatic carbocycles. The summed E-state index contributed by atoms with van der Waals surface area (Å²) in [6.07, 6.45) is 4.02. The predicted octanol–water partition coefficient (Wildman–Crippen LogP) is 3.00. The summed E-state index contributed by atoms with van der Waals surface area (Å²) in [7, 11) is 0. The molecule has 1 atom stereocenters. The Morgan fingerprint density at radius 3 is 2.85 bits per heavy atom. The Labute approximate surface area is 119 Å². The van der Waals surface area contributed by atoms with Crippen molar-refractivity contribution in [3.63, 3.8) is 0 Å². The zero-order valence-electron chi connectivity index (χ0n) is 11.9. The number of rotatable bonds is 5. The van der Waals surface area contributed by atoms with Gasteiger partial charge in [0.15, 0.2) is 0 Å². The van der Waals surface area contributed by atoms with Crippen LogP contribution in [0.15, 0.2) is 36.7 Å². The molecular formula is C16H20FN3. The number of aromatic nitrogens is 1. The van der Waals surface area contributed by atoms with Crippen LogP contribution < -0.4 is 11.1 Å². The topological polar surface area (TPSA) is 50.9 Å². The van der Waals surface area contributed by atoms with Gasteiger partial charge in [-0.15, -0.1) is 0 Å². The lowest BCUT2D eigenvalue weighted by molar-refractivity contribution is 0.509. The van der Waals surface area contributed by atoms with Gasteiger partial charge in [0.1, 0.15) is 5.82 Å². The number of nitrogens with one attached hydrogen (secondary N) is 1. The summed E-state index contributed by atoms with van der Waals surface area (Å²) in [6, 6.07) is 6.84. The van der Waals surface area contributed by atoms with Gasteiger partial charge in [0.05, 0.1) is 0 Å². The fourth-order valence-electron chi connectivity index (χ4n) is 2.30. The summed E-state index contributed by atoms with van der Waals surface area (Å²) in [6.45, 7) is 4.73. The maximum absolute atomic E-state index is 14.1. The Balaban J connectivity index is 2.32. The summed E-state index contributed by atoms with van der Waals surface area (Å²) in [4.78, 5) is 4.09. The molecule has 0 aliphatic carbocycles. The number of anilines is 1. The third-order valence-corrected chi connectivity index (χ3v) is 3.34. The second-order valence-electron chi connectivity index (χ2n) is 4.91. The molecule has 0 fully saturated rings. The molecule has 0 amide bonds. The minimum Gasteiger partial charge on any atom is -0.398 e. The normalized spacial score (nSPS) is 12.3. The molecule has 0 aliphatic heterocycles. The molecular weight excluding hydrogens is 253 g/mol. The highest BCUT2D eigenvalue weighted by atomic mass is 19.1. The maximum Gasteiger partial charge on any atom is 0.128 e. The quantitative estimate of drug-likeness (QED) is 0.880. The van der Waals surface area contributed by atoms with Gasteiger partial charge in [-0.05, 0) is 37.6 Å². The highest BCUT2D eigenvalue weighted by molar-refractivity contribution is 5.45. The van der Waals surface area contributed by atoms with E-state index in [2.05, 4.69) is 10.3 Å². The summed E-state index contributed by atoms with van der Waals surface area (Å²) < 4.78 is 14.1. The highest BCUT2D eigenvalue weighted by Gasteiger charge is 2.16. The molecule has 2 rings (SSSR count). The lowest BCUT2D eigenvalue weighted by Gasteiger charge is -2.20. The Bertz CT molecular complexity index is 584. The van der Waals surface area contributed by atoms with E-state index in [-0.39, 0.29) is 11.9 Å². The standard InChI is InChI=1S/C16H20FN3/c1-3-20-16(9-12-10-19-7-6-15(12)18)13-8-11(2)4-5-14(13)17/h4-8,10,16,20H,3,9H2,1-2H3,(H2,18,19). The van der Waals surface area contributed by atoms with Crippen LogP contribution in [0, 0.1) is 12.7 Å². The van der Waals surface area contributed by atoms with Gasteiger partial charge in [-0.3, -0.25) is 4.98 Å². The van der Waals surface area contributed by atoms with E-state index in [1.54, 1.807) is 24.5 Å². The maximum atomic E-state index is 14.1. The van der Waals surface area contributed by atoms with Crippen LogP contribution in [0.2, 0.25) is 0 Å². The zero-order valence-corrected chi connectivity index (χ0v) is 11.9. The number of nitrogen functional groups attached to an aromatic ring is 1. The van der Waals surface area contributed by atoms with E-state index in [0.717, 1.165) is 17.7 Å². The van der Waals surface area contributed by atoms with Gasteiger partial charge in [-0.25, -0.2) is 4.39 Å². The first-order chi connectivity index (χ1) is 9.61. The van der Waals surface area contributed by atoms with Crippen molar-refractivity contribution in [2.24, 2.45) is 0 Å². The van der Waals surface area contributed by atoms with Crippen molar-refractivity contribution in [1.82, 2.24) is 10.3 Å². The van der Waals surface area contributed by atoms with Crippen LogP contribution >= 0.6 is 0 Å². The number of nitrogens with zero attached hydrogens (tertiary/aromatic N) is 1. The Morgan fingerprint density at radius 2 is 2.15 bits per heavy atom. The van der Waals surface area contributed by atoms with Gasteiger partial charge in [-0.1, -0.05) is 24.6 Å². The fourth-order valence-corrected chi connectivity index (χ4v) is 2.30. The first-order valence-electron chi connectivity index (χ1n) is 6.79. The van der Waals surface area contributed by atoms with Crippen molar-refractivity contribution in [3.8, 4) is 0 Å². The minimum atomic E-state index is -0.191. The average molecular weight is 273 g/mol. The third kappa shape index (κ3) is 3.33. The van der Waals surface area contributed by atoms with Crippen LogP contribution in [0.3, 0.4) is 0 Å². The number of pyridine rings is 1. The molecule has 0 saturated heterocycles. The summed E-state index contributed by atoms with van der Waals surface area (Å²) in [5, 5.41) is 3.32. The zero-order chi connectivity index (χ0) is 14.5. The number of benzene rings is 1. The molecule has 1 aromatic heterocycles. The van der Waals surface area contributed by atoms with Crippen molar-refractivity contribution in [2.75, 3.05) is 12.3 Å². The van der Waals surface area contributed by atoms with Crippen LogP contribution in [-0.2, 0) is 6.42 Å². The Morgan fingerprint density at radius 1 is 1.35 bits per heavy atom. The molecule has 0 radical (unpaired) electrons. The van der Waals surface area contributed by atoms with Crippen LogP contribution in [0.25, 0.3) is 0 Å². The molecule has 1 heterocycles. The number of halogens is 1. The van der Waals surface area contributed by atoms with Crippen LogP contribution in [0.4, 0.5) is 10.1 Å². The lowest BCUT2D eigenvalue weighted by atomic mass is 9.97. The van der Waals surface area contributed by atoms with Gasteiger partial charge in [0.25, 0.3) is 0 Å². The summed E-state index contributed by atoms with van der Waals surface area (Å²) in [5.74, 6) is -0.191. The monoisotopic (exact) mass is 273 g/mol. The first kappa shape index (κ1) is 14.5. The number of likely N-dealkylation sites (N-methyl/N-ethyl adjacent to an activating group) is 1. The molecule has 106 valence electrons. The second-order valence-corrected chi connectivity index (χ2v) is 4.91. The lowest BCUT2D eigenvalue weighted by Crippen LogP contribution is -2.24. The molecule has 0 saturated carbocycles. The van der Waals surface area contributed by atoms with Crippen LogP contribution in [-0.4, -0.2) is 11.5 Å². The molecule has 0 bridgehead atoms. The molecule has 4 heteroatoms. The van der Waals surface area contributed by atoms with Crippen molar-refractivity contribution < 1.29 is 4.39 Å². The third-order valence-electron chi connectivity index (χ3n) is 3.34. The van der Waals surface area contributed by atoms with E-state index in [9.17, 15) is 4.39 Å².